The molecule has 3 rings (SSSR count). The quantitative estimate of drug-likeness (QED) is 0.531. The fourth-order valence-corrected chi connectivity index (χ4v) is 2.91. The summed E-state index contributed by atoms with van der Waals surface area (Å²) in [5, 5.41) is 39.8. The van der Waals surface area contributed by atoms with Gasteiger partial charge in [-0.1, -0.05) is 0 Å². The first kappa shape index (κ1) is 16.6. The number of aliphatic hydroxyl groups excluding tert-OH is 2. The maximum absolute atomic E-state index is 10.6. The highest BCUT2D eigenvalue weighted by Gasteiger charge is 2.53. The van der Waals surface area contributed by atoms with Gasteiger partial charge in [0, 0.05) is 6.20 Å². The van der Waals surface area contributed by atoms with Crippen LogP contribution in [0.3, 0.4) is 0 Å². The van der Waals surface area contributed by atoms with Crippen LogP contribution in [0.15, 0.2) is 12.5 Å². The number of nitrogens with zero attached hydrogens (tertiary/aromatic N) is 4. The Bertz CT molecular complexity index is 799. The van der Waals surface area contributed by atoms with Gasteiger partial charge in [0.15, 0.2) is 12.0 Å². The third-order valence-electron chi connectivity index (χ3n) is 4.12. The van der Waals surface area contributed by atoms with Gasteiger partial charge in [-0.15, -0.1) is 0 Å². The van der Waals surface area contributed by atoms with Gasteiger partial charge in [0.1, 0.15) is 35.9 Å². The van der Waals surface area contributed by atoms with Crippen LogP contribution < -0.4 is 5.48 Å². The van der Waals surface area contributed by atoms with Crippen molar-refractivity contribution in [1.29, 1.82) is 5.26 Å². The molecule has 0 amide bonds. The zero-order valence-corrected chi connectivity index (χ0v) is 13.0. The molecule has 1 fully saturated rings. The monoisotopic (exact) mass is 335 g/mol. The molecule has 0 radical (unpaired) electrons. The SMILES string of the molecule is CONc1ncnc2c1c(C#N)cn2C1OC(CO)C(O)C1(C)O. The van der Waals surface area contributed by atoms with Crippen molar-refractivity contribution >= 4 is 16.9 Å². The van der Waals surface area contributed by atoms with Crippen molar-refractivity contribution in [3.05, 3.63) is 18.1 Å². The van der Waals surface area contributed by atoms with Crippen molar-refractivity contribution in [2.45, 2.75) is 31.0 Å². The second-order valence-corrected chi connectivity index (χ2v) is 5.67. The minimum Gasteiger partial charge on any atom is -0.394 e. The van der Waals surface area contributed by atoms with E-state index in [2.05, 4.69) is 15.4 Å². The van der Waals surface area contributed by atoms with E-state index in [4.69, 9.17) is 9.57 Å². The predicted molar refractivity (Wildman–Crippen MR) is 80.5 cm³/mol. The van der Waals surface area contributed by atoms with Crippen LogP contribution in [-0.2, 0) is 9.57 Å². The normalized spacial score (nSPS) is 29.8. The molecular formula is C14H17N5O5. The number of nitriles is 1. The maximum Gasteiger partial charge on any atom is 0.167 e. The fourth-order valence-electron chi connectivity index (χ4n) is 2.91. The molecule has 4 unspecified atom stereocenters. The molecule has 2 aromatic heterocycles. The van der Waals surface area contributed by atoms with Crippen LogP contribution in [0.4, 0.5) is 5.82 Å². The molecule has 4 N–H and O–H groups in total. The smallest absolute Gasteiger partial charge is 0.167 e. The molecule has 4 atom stereocenters. The van der Waals surface area contributed by atoms with Gasteiger partial charge in [-0.3, -0.25) is 4.84 Å². The van der Waals surface area contributed by atoms with E-state index in [1.54, 1.807) is 0 Å². The molecule has 0 aromatic carbocycles. The number of aliphatic hydroxyl groups is 3. The summed E-state index contributed by atoms with van der Waals surface area (Å²) in [5.41, 5.74) is 1.44. The standard InChI is InChI=1S/C14H17N5O5/c1-14(22)10(21)8(5-20)24-13(14)19-4-7(3-15)9-11(18-23-2)16-6-17-12(9)19/h4,6,8,10,13,20-22H,5H2,1-2H3,(H,16,17,18). The molecule has 0 bridgehead atoms. The Hall–Kier alpha value is -2.29. The lowest BCUT2D eigenvalue weighted by Gasteiger charge is -2.27. The third-order valence-corrected chi connectivity index (χ3v) is 4.12. The van der Waals surface area contributed by atoms with Crippen LogP contribution >= 0.6 is 0 Å². The highest BCUT2D eigenvalue weighted by Crippen LogP contribution is 2.40. The lowest BCUT2D eigenvalue weighted by Crippen LogP contribution is -2.44. The van der Waals surface area contributed by atoms with Crippen molar-refractivity contribution in [3.8, 4) is 6.07 Å². The average Bonchev–Trinajstić information content (AvgIpc) is 3.04. The topological polar surface area (TPSA) is 146 Å². The van der Waals surface area contributed by atoms with Gasteiger partial charge in [0.25, 0.3) is 0 Å². The van der Waals surface area contributed by atoms with E-state index in [-0.39, 0.29) is 11.4 Å². The Morgan fingerprint density at radius 3 is 2.88 bits per heavy atom. The lowest BCUT2D eigenvalue weighted by molar-refractivity contribution is -0.0948. The third kappa shape index (κ3) is 2.31. The Labute approximate surface area is 136 Å². The van der Waals surface area contributed by atoms with Gasteiger partial charge in [-0.2, -0.15) is 5.26 Å². The number of hydrogen-bond acceptors (Lipinski definition) is 9. The molecule has 10 heteroatoms. The van der Waals surface area contributed by atoms with Gasteiger partial charge in [0.05, 0.1) is 24.7 Å². The van der Waals surface area contributed by atoms with Gasteiger partial charge in [-0.25, -0.2) is 15.4 Å². The number of nitrogens with one attached hydrogen (secondary N) is 1. The number of ether oxygens (including phenoxy) is 1. The first-order valence-electron chi connectivity index (χ1n) is 7.17. The molecule has 0 saturated carbocycles. The van der Waals surface area contributed by atoms with E-state index >= 15 is 0 Å². The molecule has 2 aromatic rings. The fraction of sp³-hybridized carbons (Fsp3) is 0.500. The van der Waals surface area contributed by atoms with E-state index in [9.17, 15) is 20.6 Å². The number of rotatable bonds is 4. The van der Waals surface area contributed by atoms with Crippen molar-refractivity contribution in [3.63, 3.8) is 0 Å². The highest BCUT2D eigenvalue weighted by atomic mass is 16.6. The van der Waals surface area contributed by atoms with Crippen LogP contribution in [-0.4, -0.2) is 61.4 Å². The van der Waals surface area contributed by atoms with E-state index in [0.29, 0.717) is 11.0 Å². The van der Waals surface area contributed by atoms with Gasteiger partial charge >= 0.3 is 0 Å². The van der Waals surface area contributed by atoms with Crippen LogP contribution in [0.25, 0.3) is 11.0 Å². The second kappa shape index (κ2) is 5.97. The van der Waals surface area contributed by atoms with Crippen molar-refractivity contribution in [2.75, 3.05) is 19.2 Å². The van der Waals surface area contributed by atoms with Crippen LogP contribution in [0.2, 0.25) is 0 Å². The number of aromatic nitrogens is 3. The summed E-state index contributed by atoms with van der Waals surface area (Å²) in [7, 11) is 1.41. The molecule has 24 heavy (non-hydrogen) atoms. The Morgan fingerprint density at radius 1 is 1.54 bits per heavy atom. The summed E-state index contributed by atoms with van der Waals surface area (Å²) in [6.07, 6.45) is -0.573. The number of fused-ring (bicyclic) bond motifs is 1. The van der Waals surface area contributed by atoms with Crippen LogP contribution in [0, 0.1) is 11.3 Å². The Kier molecular flexibility index (Phi) is 4.12. The number of hydrogen-bond donors (Lipinski definition) is 4. The Balaban J connectivity index is 2.18. The lowest BCUT2D eigenvalue weighted by atomic mass is 9.96. The summed E-state index contributed by atoms with van der Waals surface area (Å²) in [6, 6.07) is 2.03. The van der Waals surface area contributed by atoms with Crippen molar-refractivity contribution in [1.82, 2.24) is 14.5 Å². The number of anilines is 1. The molecule has 0 spiro atoms. The van der Waals surface area contributed by atoms with Crippen molar-refractivity contribution in [2.24, 2.45) is 0 Å². The minimum atomic E-state index is -1.69. The summed E-state index contributed by atoms with van der Waals surface area (Å²) in [5.74, 6) is 0.287. The minimum absolute atomic E-state index is 0.242. The van der Waals surface area contributed by atoms with Crippen LogP contribution in [0.1, 0.15) is 18.7 Å². The first-order valence-corrected chi connectivity index (χ1v) is 7.17. The summed E-state index contributed by atoms with van der Waals surface area (Å²) in [4.78, 5) is 13.0. The van der Waals surface area contributed by atoms with Gasteiger partial charge in [-0.05, 0) is 6.92 Å². The summed E-state index contributed by atoms with van der Waals surface area (Å²) >= 11 is 0. The molecule has 1 aliphatic rings. The molecular weight excluding hydrogens is 318 g/mol. The molecule has 3 heterocycles. The zero-order chi connectivity index (χ0) is 17.5. The highest BCUT2D eigenvalue weighted by molar-refractivity contribution is 5.92. The largest absolute Gasteiger partial charge is 0.394 e. The van der Waals surface area contributed by atoms with Crippen LogP contribution in [0.5, 0.6) is 0 Å². The maximum atomic E-state index is 10.6. The average molecular weight is 335 g/mol. The van der Waals surface area contributed by atoms with Crippen molar-refractivity contribution < 1.29 is 24.9 Å². The molecule has 10 nitrogen and oxygen atoms in total. The predicted octanol–water partition coefficient (Wildman–Crippen LogP) is -0.722. The summed E-state index contributed by atoms with van der Waals surface area (Å²) in [6.45, 7) is 0.939. The van der Waals surface area contributed by atoms with Gasteiger partial charge in [0.2, 0.25) is 0 Å². The molecule has 0 aliphatic carbocycles. The van der Waals surface area contributed by atoms with Gasteiger partial charge < -0.3 is 24.6 Å². The molecule has 1 aliphatic heterocycles. The van der Waals surface area contributed by atoms with E-state index in [1.807, 2.05) is 6.07 Å². The molecule has 1 saturated heterocycles. The molecule has 128 valence electrons. The second-order valence-electron chi connectivity index (χ2n) is 5.67. The van der Waals surface area contributed by atoms with E-state index in [1.165, 1.54) is 31.1 Å². The Morgan fingerprint density at radius 2 is 2.29 bits per heavy atom. The zero-order valence-electron chi connectivity index (χ0n) is 13.0. The summed E-state index contributed by atoms with van der Waals surface area (Å²) < 4.78 is 7.02. The first-order chi connectivity index (χ1) is 11.5. The van der Waals surface area contributed by atoms with E-state index < -0.39 is 30.6 Å². The van der Waals surface area contributed by atoms with E-state index in [0.717, 1.165) is 0 Å².